The molecular weight excluding hydrogens is 246 g/mol. The van der Waals surface area contributed by atoms with Gasteiger partial charge in [0.05, 0.1) is 10.5 Å². The highest BCUT2D eigenvalue weighted by molar-refractivity contribution is 5.87. The Morgan fingerprint density at radius 3 is 2.37 bits per heavy atom. The Labute approximate surface area is 109 Å². The van der Waals surface area contributed by atoms with Crippen LogP contribution in [0.2, 0.25) is 0 Å². The molecule has 0 heterocycles. The molecule has 2 aromatic carbocycles. The summed E-state index contributed by atoms with van der Waals surface area (Å²) >= 11 is 0. The Morgan fingerprint density at radius 2 is 1.79 bits per heavy atom. The first-order chi connectivity index (χ1) is 9.06. The van der Waals surface area contributed by atoms with E-state index in [9.17, 15) is 14.9 Å². The Hall–Kier alpha value is -2.69. The highest BCUT2D eigenvalue weighted by atomic mass is 16.6. The molecule has 0 fully saturated rings. The average Bonchev–Trinajstić information content (AvgIpc) is 2.39. The first-order valence-electron chi connectivity index (χ1n) is 5.62. The van der Waals surface area contributed by atoms with Gasteiger partial charge in [0, 0.05) is 12.1 Å². The summed E-state index contributed by atoms with van der Waals surface area (Å²) in [5.74, 6) is -0.970. The minimum Gasteiger partial charge on any atom is -0.478 e. The number of nitrogens with zero attached hydrogens (tertiary/aromatic N) is 1. The van der Waals surface area contributed by atoms with Gasteiger partial charge in [0.2, 0.25) is 0 Å². The van der Waals surface area contributed by atoms with Crippen molar-refractivity contribution in [2.24, 2.45) is 0 Å². The fourth-order valence-corrected chi connectivity index (χ4v) is 1.78. The van der Waals surface area contributed by atoms with Crippen LogP contribution in [-0.4, -0.2) is 16.0 Å². The van der Waals surface area contributed by atoms with Crippen LogP contribution in [0.3, 0.4) is 0 Å². The van der Waals surface area contributed by atoms with E-state index < -0.39 is 10.9 Å². The lowest BCUT2D eigenvalue weighted by Gasteiger charge is -2.02. The maximum Gasteiger partial charge on any atom is 0.335 e. The zero-order valence-electron chi connectivity index (χ0n) is 9.95. The second-order valence-corrected chi connectivity index (χ2v) is 4.11. The summed E-state index contributed by atoms with van der Waals surface area (Å²) in [7, 11) is 0. The van der Waals surface area contributed by atoms with Gasteiger partial charge in [0.15, 0.2) is 0 Å². The number of hydrogen-bond donors (Lipinski definition) is 1. The number of carboxylic acids is 1. The Kier molecular flexibility index (Phi) is 3.56. The highest BCUT2D eigenvalue weighted by Crippen LogP contribution is 2.16. The molecule has 0 saturated carbocycles. The fraction of sp³-hybridized carbons (Fsp3) is 0.0714. The van der Waals surface area contributed by atoms with Crippen molar-refractivity contribution in [2.45, 2.75) is 6.42 Å². The maximum atomic E-state index is 10.7. The van der Waals surface area contributed by atoms with E-state index in [4.69, 9.17) is 5.11 Å². The van der Waals surface area contributed by atoms with Gasteiger partial charge in [0.25, 0.3) is 5.69 Å². The topological polar surface area (TPSA) is 80.4 Å². The molecule has 0 bridgehead atoms. The largest absolute Gasteiger partial charge is 0.478 e. The quantitative estimate of drug-likeness (QED) is 0.674. The molecule has 19 heavy (non-hydrogen) atoms. The number of nitro benzene ring substituents is 1. The normalized spacial score (nSPS) is 10.1. The Balaban J connectivity index is 2.19. The van der Waals surface area contributed by atoms with E-state index >= 15 is 0 Å². The molecule has 0 aliphatic rings. The first kappa shape index (κ1) is 12.8. The third-order valence-electron chi connectivity index (χ3n) is 2.73. The summed E-state index contributed by atoms with van der Waals surface area (Å²) in [6.45, 7) is 0. The summed E-state index contributed by atoms with van der Waals surface area (Å²) in [6, 6.07) is 12.9. The summed E-state index contributed by atoms with van der Waals surface area (Å²) in [5, 5.41) is 19.5. The van der Waals surface area contributed by atoms with Crippen molar-refractivity contribution in [3.05, 3.63) is 75.3 Å². The van der Waals surface area contributed by atoms with E-state index in [1.165, 1.54) is 24.3 Å². The number of carbonyl (C=O) groups is 1. The Morgan fingerprint density at radius 1 is 1.11 bits per heavy atom. The summed E-state index contributed by atoms with van der Waals surface area (Å²) in [4.78, 5) is 20.9. The van der Waals surface area contributed by atoms with Gasteiger partial charge in [-0.2, -0.15) is 0 Å². The van der Waals surface area contributed by atoms with Crippen molar-refractivity contribution in [2.75, 3.05) is 0 Å². The molecule has 5 nitrogen and oxygen atoms in total. The van der Waals surface area contributed by atoms with Crippen molar-refractivity contribution < 1.29 is 14.8 Å². The van der Waals surface area contributed by atoms with E-state index in [2.05, 4.69) is 0 Å². The van der Waals surface area contributed by atoms with Crippen LogP contribution in [0.5, 0.6) is 0 Å². The molecule has 0 radical (unpaired) electrons. The second kappa shape index (κ2) is 5.30. The molecule has 2 aromatic rings. The maximum absolute atomic E-state index is 10.7. The van der Waals surface area contributed by atoms with Gasteiger partial charge in [-0.3, -0.25) is 10.1 Å². The first-order valence-corrected chi connectivity index (χ1v) is 5.62. The molecule has 0 spiro atoms. The van der Waals surface area contributed by atoms with Crippen LogP contribution in [-0.2, 0) is 6.42 Å². The van der Waals surface area contributed by atoms with Gasteiger partial charge >= 0.3 is 5.97 Å². The predicted molar refractivity (Wildman–Crippen MR) is 69.3 cm³/mol. The van der Waals surface area contributed by atoms with Gasteiger partial charge in [0.1, 0.15) is 0 Å². The third-order valence-corrected chi connectivity index (χ3v) is 2.73. The second-order valence-electron chi connectivity index (χ2n) is 4.11. The molecule has 1 N–H and O–H groups in total. The molecule has 0 aliphatic carbocycles. The van der Waals surface area contributed by atoms with Gasteiger partial charge in [-0.05, 0) is 29.7 Å². The minimum absolute atomic E-state index is 0.0552. The number of carboxylic acid groups (broad SMARTS) is 1. The number of benzene rings is 2. The van der Waals surface area contributed by atoms with Crippen molar-refractivity contribution in [3.63, 3.8) is 0 Å². The van der Waals surface area contributed by atoms with Crippen LogP contribution < -0.4 is 0 Å². The smallest absolute Gasteiger partial charge is 0.335 e. The summed E-state index contributed by atoms with van der Waals surface area (Å²) < 4.78 is 0. The number of nitro groups is 1. The molecule has 0 atom stereocenters. The molecule has 0 amide bonds. The predicted octanol–water partition coefficient (Wildman–Crippen LogP) is 2.88. The van der Waals surface area contributed by atoms with Gasteiger partial charge in [-0.25, -0.2) is 4.79 Å². The van der Waals surface area contributed by atoms with E-state index in [0.717, 1.165) is 11.1 Å². The lowest BCUT2D eigenvalue weighted by atomic mass is 10.0. The molecular formula is C14H11NO4. The summed E-state index contributed by atoms with van der Waals surface area (Å²) in [6.07, 6.45) is 0.529. The molecule has 5 heteroatoms. The van der Waals surface area contributed by atoms with Crippen molar-refractivity contribution in [3.8, 4) is 0 Å². The number of non-ortho nitro benzene ring substituents is 1. The van der Waals surface area contributed by atoms with Crippen LogP contribution in [0.1, 0.15) is 21.5 Å². The number of rotatable bonds is 4. The number of hydrogen-bond acceptors (Lipinski definition) is 3. The third kappa shape index (κ3) is 3.16. The van der Waals surface area contributed by atoms with Crippen molar-refractivity contribution in [1.29, 1.82) is 0 Å². The van der Waals surface area contributed by atoms with Crippen molar-refractivity contribution in [1.82, 2.24) is 0 Å². The van der Waals surface area contributed by atoms with E-state index in [1.807, 2.05) is 0 Å². The summed E-state index contributed by atoms with van der Waals surface area (Å²) in [5.41, 5.74) is 2.00. The van der Waals surface area contributed by atoms with Crippen LogP contribution in [0.15, 0.2) is 48.5 Å². The Bertz CT molecular complexity index is 620. The molecule has 96 valence electrons. The SMILES string of the molecule is O=C(O)c1ccc(Cc2cccc([N+](=O)[O-])c2)cc1. The molecule has 2 rings (SSSR count). The molecule has 0 unspecified atom stereocenters. The fourth-order valence-electron chi connectivity index (χ4n) is 1.78. The number of aromatic carboxylic acids is 1. The van der Waals surface area contributed by atoms with Crippen LogP contribution in [0.25, 0.3) is 0 Å². The lowest BCUT2D eigenvalue weighted by Crippen LogP contribution is -1.96. The molecule has 0 saturated heterocycles. The monoisotopic (exact) mass is 257 g/mol. The average molecular weight is 257 g/mol. The van der Waals surface area contributed by atoms with Crippen LogP contribution in [0, 0.1) is 10.1 Å². The zero-order chi connectivity index (χ0) is 13.8. The zero-order valence-corrected chi connectivity index (χ0v) is 9.95. The highest BCUT2D eigenvalue weighted by Gasteiger charge is 2.07. The lowest BCUT2D eigenvalue weighted by molar-refractivity contribution is -0.384. The van der Waals surface area contributed by atoms with E-state index in [1.54, 1.807) is 24.3 Å². The van der Waals surface area contributed by atoms with E-state index in [0.29, 0.717) is 6.42 Å². The van der Waals surface area contributed by atoms with E-state index in [-0.39, 0.29) is 11.3 Å². The molecule has 0 aromatic heterocycles. The van der Waals surface area contributed by atoms with Crippen LogP contribution >= 0.6 is 0 Å². The van der Waals surface area contributed by atoms with Gasteiger partial charge in [-0.15, -0.1) is 0 Å². The van der Waals surface area contributed by atoms with Gasteiger partial charge < -0.3 is 5.11 Å². The van der Waals surface area contributed by atoms with Crippen LogP contribution in [0.4, 0.5) is 5.69 Å². The standard InChI is InChI=1S/C14H11NO4/c16-14(17)12-6-4-10(5-7-12)8-11-2-1-3-13(9-11)15(18)19/h1-7,9H,8H2,(H,16,17). The van der Waals surface area contributed by atoms with Gasteiger partial charge in [-0.1, -0.05) is 24.3 Å². The minimum atomic E-state index is -0.970. The van der Waals surface area contributed by atoms with Crippen molar-refractivity contribution >= 4 is 11.7 Å². The molecule has 0 aliphatic heterocycles.